The molecule has 3 aromatic rings. The summed E-state index contributed by atoms with van der Waals surface area (Å²) in [4.78, 5) is 18.6. The molecule has 1 atom stereocenters. The van der Waals surface area contributed by atoms with E-state index in [2.05, 4.69) is 40.3 Å². The minimum absolute atomic E-state index is 0.0547. The number of piperidine rings is 1. The Bertz CT molecular complexity index is 936. The van der Waals surface area contributed by atoms with Crippen molar-refractivity contribution in [2.24, 2.45) is 0 Å². The van der Waals surface area contributed by atoms with Crippen LogP contribution in [-0.4, -0.2) is 35.4 Å². The number of H-pyrrole nitrogens is 1. The summed E-state index contributed by atoms with van der Waals surface area (Å²) in [6.45, 7) is 6.81. The van der Waals surface area contributed by atoms with Gasteiger partial charge in [0.2, 0.25) is 5.91 Å². The standard InChI is InChI=1S/C23H29N3O2/c1-16-8-9-20-19(13-16)18(17(2)25-20)14-23(27)24-15-21(22-7-6-12-28-22)26-10-4-3-5-11-26/h6-9,12-13,21,25H,3-5,10-11,14-15H2,1-2H3,(H,24,27). The number of likely N-dealkylation sites (tertiary alicyclic amines) is 1. The minimum Gasteiger partial charge on any atom is -0.468 e. The molecule has 0 bridgehead atoms. The largest absolute Gasteiger partial charge is 0.468 e. The van der Waals surface area contributed by atoms with Gasteiger partial charge in [-0.2, -0.15) is 0 Å². The third-order valence-electron chi connectivity index (χ3n) is 5.81. The number of hydrogen-bond acceptors (Lipinski definition) is 3. The average Bonchev–Trinajstić information content (AvgIpc) is 3.32. The molecule has 0 radical (unpaired) electrons. The van der Waals surface area contributed by atoms with Gasteiger partial charge >= 0.3 is 0 Å². The van der Waals surface area contributed by atoms with E-state index in [9.17, 15) is 4.79 Å². The van der Waals surface area contributed by atoms with E-state index in [1.807, 2.05) is 19.1 Å². The van der Waals surface area contributed by atoms with Crippen LogP contribution >= 0.6 is 0 Å². The number of aromatic amines is 1. The van der Waals surface area contributed by atoms with Gasteiger partial charge in [-0.25, -0.2) is 0 Å². The van der Waals surface area contributed by atoms with Gasteiger partial charge in [-0.05, 0) is 69.6 Å². The molecule has 5 nitrogen and oxygen atoms in total. The first kappa shape index (κ1) is 18.8. The molecule has 4 rings (SSSR count). The SMILES string of the molecule is Cc1ccc2[nH]c(C)c(CC(=O)NCC(c3ccco3)N3CCCCC3)c2c1. The van der Waals surface area contributed by atoms with Crippen molar-refractivity contribution >= 4 is 16.8 Å². The third kappa shape index (κ3) is 3.99. The third-order valence-corrected chi connectivity index (χ3v) is 5.81. The topological polar surface area (TPSA) is 61.3 Å². The second-order valence-corrected chi connectivity index (χ2v) is 7.89. The number of carbonyl (C=O) groups excluding carboxylic acids is 1. The number of furan rings is 1. The molecule has 28 heavy (non-hydrogen) atoms. The number of benzene rings is 1. The lowest BCUT2D eigenvalue weighted by Gasteiger charge is -2.33. The van der Waals surface area contributed by atoms with Crippen molar-refractivity contribution in [1.82, 2.24) is 15.2 Å². The Labute approximate surface area is 166 Å². The number of nitrogens with one attached hydrogen (secondary N) is 2. The first-order valence-corrected chi connectivity index (χ1v) is 10.2. The predicted molar refractivity (Wildman–Crippen MR) is 111 cm³/mol. The Balaban J connectivity index is 1.45. The summed E-state index contributed by atoms with van der Waals surface area (Å²) in [6.07, 6.45) is 5.80. The summed E-state index contributed by atoms with van der Waals surface area (Å²) in [5, 5.41) is 4.30. The molecule has 2 N–H and O–H groups in total. The van der Waals surface area contributed by atoms with Crippen LogP contribution in [0.3, 0.4) is 0 Å². The van der Waals surface area contributed by atoms with Crippen LogP contribution < -0.4 is 5.32 Å². The van der Waals surface area contributed by atoms with Crippen LogP contribution in [0.4, 0.5) is 0 Å². The molecule has 1 aromatic carbocycles. The average molecular weight is 380 g/mol. The normalized spacial score (nSPS) is 16.4. The Morgan fingerprint density at radius 1 is 1.21 bits per heavy atom. The summed E-state index contributed by atoms with van der Waals surface area (Å²) >= 11 is 0. The van der Waals surface area contributed by atoms with E-state index in [0.29, 0.717) is 13.0 Å². The number of rotatable bonds is 6. The second-order valence-electron chi connectivity index (χ2n) is 7.89. The first-order valence-electron chi connectivity index (χ1n) is 10.2. The molecule has 1 aliphatic rings. The number of aryl methyl sites for hydroxylation is 2. The number of amides is 1. The van der Waals surface area contributed by atoms with E-state index >= 15 is 0 Å². The zero-order chi connectivity index (χ0) is 19.5. The van der Waals surface area contributed by atoms with Gasteiger partial charge < -0.3 is 14.7 Å². The molecule has 1 amide bonds. The van der Waals surface area contributed by atoms with E-state index in [0.717, 1.165) is 41.0 Å². The van der Waals surface area contributed by atoms with Crippen molar-refractivity contribution in [3.63, 3.8) is 0 Å². The number of carbonyl (C=O) groups is 1. The molecular formula is C23H29N3O2. The van der Waals surface area contributed by atoms with Gasteiger partial charge in [0.25, 0.3) is 0 Å². The zero-order valence-electron chi connectivity index (χ0n) is 16.8. The van der Waals surface area contributed by atoms with Crippen molar-refractivity contribution < 1.29 is 9.21 Å². The summed E-state index contributed by atoms with van der Waals surface area (Å²) < 4.78 is 5.68. The van der Waals surface area contributed by atoms with Crippen molar-refractivity contribution in [2.45, 2.75) is 45.6 Å². The predicted octanol–water partition coefficient (Wildman–Crippen LogP) is 4.26. The van der Waals surface area contributed by atoms with Crippen molar-refractivity contribution in [1.29, 1.82) is 0 Å². The smallest absolute Gasteiger partial charge is 0.224 e. The molecule has 0 aliphatic carbocycles. The molecular weight excluding hydrogens is 350 g/mol. The molecule has 148 valence electrons. The molecule has 1 fully saturated rings. The highest BCUT2D eigenvalue weighted by Crippen LogP contribution is 2.26. The van der Waals surface area contributed by atoms with Gasteiger partial charge in [0, 0.05) is 23.1 Å². The van der Waals surface area contributed by atoms with Crippen LogP contribution in [0.5, 0.6) is 0 Å². The van der Waals surface area contributed by atoms with Gasteiger partial charge in [-0.1, -0.05) is 18.1 Å². The number of nitrogens with zero attached hydrogens (tertiary/aromatic N) is 1. The zero-order valence-corrected chi connectivity index (χ0v) is 16.8. The van der Waals surface area contributed by atoms with Crippen molar-refractivity contribution in [3.8, 4) is 0 Å². The highest BCUT2D eigenvalue weighted by molar-refractivity contribution is 5.90. The van der Waals surface area contributed by atoms with E-state index in [4.69, 9.17) is 4.42 Å². The van der Waals surface area contributed by atoms with Crippen LogP contribution in [0.25, 0.3) is 10.9 Å². The minimum atomic E-state index is 0.0547. The number of fused-ring (bicyclic) bond motifs is 1. The van der Waals surface area contributed by atoms with E-state index < -0.39 is 0 Å². The molecule has 0 spiro atoms. The fraction of sp³-hybridized carbons (Fsp3) is 0.435. The van der Waals surface area contributed by atoms with Gasteiger partial charge in [0.1, 0.15) is 5.76 Å². The quantitative estimate of drug-likeness (QED) is 0.673. The Kier molecular flexibility index (Phi) is 5.53. The van der Waals surface area contributed by atoms with E-state index in [1.54, 1.807) is 6.26 Å². The van der Waals surface area contributed by atoms with Crippen LogP contribution in [0.15, 0.2) is 41.0 Å². The Morgan fingerprint density at radius 2 is 2.04 bits per heavy atom. The lowest BCUT2D eigenvalue weighted by molar-refractivity contribution is -0.120. The van der Waals surface area contributed by atoms with Gasteiger partial charge in [0.15, 0.2) is 0 Å². The summed E-state index contributed by atoms with van der Waals surface area (Å²) in [7, 11) is 0. The molecule has 1 saturated heterocycles. The van der Waals surface area contributed by atoms with Crippen molar-refractivity contribution in [2.75, 3.05) is 19.6 Å². The van der Waals surface area contributed by atoms with Crippen LogP contribution in [-0.2, 0) is 11.2 Å². The van der Waals surface area contributed by atoms with Crippen LogP contribution in [0.1, 0.15) is 47.9 Å². The molecule has 2 aromatic heterocycles. The maximum absolute atomic E-state index is 12.8. The maximum Gasteiger partial charge on any atom is 0.224 e. The summed E-state index contributed by atoms with van der Waals surface area (Å²) in [5.41, 5.74) is 4.45. The molecule has 1 unspecified atom stereocenters. The molecule has 5 heteroatoms. The monoisotopic (exact) mass is 379 g/mol. The first-order chi connectivity index (χ1) is 13.6. The van der Waals surface area contributed by atoms with Crippen LogP contribution in [0, 0.1) is 13.8 Å². The van der Waals surface area contributed by atoms with Crippen LogP contribution in [0.2, 0.25) is 0 Å². The Morgan fingerprint density at radius 3 is 2.79 bits per heavy atom. The fourth-order valence-corrected chi connectivity index (χ4v) is 4.28. The summed E-state index contributed by atoms with van der Waals surface area (Å²) in [5.74, 6) is 0.986. The lowest BCUT2D eigenvalue weighted by atomic mass is 10.0. The lowest BCUT2D eigenvalue weighted by Crippen LogP contribution is -2.40. The van der Waals surface area contributed by atoms with Gasteiger partial charge in [0.05, 0.1) is 18.7 Å². The van der Waals surface area contributed by atoms with Gasteiger partial charge in [-0.3, -0.25) is 9.69 Å². The van der Waals surface area contributed by atoms with Gasteiger partial charge in [-0.15, -0.1) is 0 Å². The fourth-order valence-electron chi connectivity index (χ4n) is 4.28. The van der Waals surface area contributed by atoms with E-state index in [1.165, 1.54) is 24.8 Å². The second kappa shape index (κ2) is 8.23. The number of aromatic nitrogens is 1. The molecule has 3 heterocycles. The molecule has 0 saturated carbocycles. The Hall–Kier alpha value is -2.53. The highest BCUT2D eigenvalue weighted by Gasteiger charge is 2.25. The van der Waals surface area contributed by atoms with E-state index in [-0.39, 0.29) is 11.9 Å². The number of hydrogen-bond donors (Lipinski definition) is 2. The highest BCUT2D eigenvalue weighted by atomic mass is 16.3. The molecule has 1 aliphatic heterocycles. The summed E-state index contributed by atoms with van der Waals surface area (Å²) in [6, 6.07) is 10.4. The maximum atomic E-state index is 12.8. The van der Waals surface area contributed by atoms with Crippen molar-refractivity contribution in [3.05, 3.63) is 59.2 Å².